The molecule has 1 aliphatic rings. The molecule has 0 spiro atoms. The third kappa shape index (κ3) is 1.56. The quantitative estimate of drug-likeness (QED) is 0.590. The van der Waals surface area contributed by atoms with Crippen LogP contribution in [0.3, 0.4) is 0 Å². The minimum absolute atomic E-state index is 0.132. The maximum Gasteiger partial charge on any atom is 0.307 e. The number of rotatable bonds is 2. The highest BCUT2D eigenvalue weighted by Crippen LogP contribution is 2.07. The molecular weight excluding hydrogens is 124 g/mol. The molecule has 0 unspecified atom stereocenters. The summed E-state index contributed by atoms with van der Waals surface area (Å²) in [5.41, 5.74) is 0. The molecule has 1 rings (SSSR count). The van der Waals surface area contributed by atoms with E-state index in [2.05, 4.69) is 20.7 Å². The van der Waals surface area contributed by atoms with Crippen LogP contribution >= 0.6 is 0 Å². The first-order chi connectivity index (χ1) is 4.29. The van der Waals surface area contributed by atoms with Crippen molar-refractivity contribution in [3.8, 4) is 0 Å². The highest BCUT2D eigenvalue weighted by Gasteiger charge is 2.12. The molecule has 0 saturated heterocycles. The van der Waals surface area contributed by atoms with Crippen LogP contribution < -0.4 is 0 Å². The predicted molar refractivity (Wildman–Crippen MR) is 25.8 cm³/mol. The fraction of sp³-hybridized carbons (Fsp3) is 0.667. The summed E-state index contributed by atoms with van der Waals surface area (Å²) in [6, 6.07) is 0. The van der Waals surface area contributed by atoms with Crippen molar-refractivity contribution in [1.29, 1.82) is 0 Å². The number of carboxylic acid groups (broad SMARTS) is 1. The van der Waals surface area contributed by atoms with Gasteiger partial charge >= 0.3 is 5.97 Å². The van der Waals surface area contributed by atoms with E-state index >= 15 is 0 Å². The van der Waals surface area contributed by atoms with E-state index in [4.69, 9.17) is 5.11 Å². The molecule has 6 heteroatoms. The Labute approximate surface area is 50.3 Å². The van der Waals surface area contributed by atoms with E-state index in [1.165, 1.54) is 0 Å². The Morgan fingerprint density at radius 3 is 2.44 bits per heavy atom. The number of carbonyl (C=O) groups is 1. The third-order valence-corrected chi connectivity index (χ3v) is 0.767. The lowest BCUT2D eigenvalue weighted by Crippen LogP contribution is -2.05. The Bertz CT molecular complexity index is 163. The third-order valence-electron chi connectivity index (χ3n) is 0.767. The molecule has 0 aromatic rings. The van der Waals surface area contributed by atoms with Crippen LogP contribution in [0.25, 0.3) is 0 Å². The minimum Gasteiger partial charge on any atom is -0.481 e. The molecule has 0 aromatic heterocycles. The zero-order chi connectivity index (χ0) is 6.69. The van der Waals surface area contributed by atoms with Crippen LogP contribution in [0.1, 0.15) is 6.42 Å². The van der Waals surface area contributed by atoms with Gasteiger partial charge in [-0.25, -0.2) is 0 Å². The molecule has 1 aliphatic heterocycles. The fourth-order valence-corrected chi connectivity index (χ4v) is 0.426. The van der Waals surface area contributed by atoms with Crippen LogP contribution in [0.5, 0.6) is 0 Å². The van der Waals surface area contributed by atoms with Crippen molar-refractivity contribution in [2.45, 2.75) is 12.6 Å². The first-order valence-electron chi connectivity index (χ1n) is 2.31. The molecule has 0 fully saturated rings. The van der Waals surface area contributed by atoms with Gasteiger partial charge in [-0.15, -0.1) is 10.2 Å². The van der Waals surface area contributed by atoms with Gasteiger partial charge in [-0.3, -0.25) is 4.79 Å². The Kier molecular flexibility index (Phi) is 1.48. The number of hydrogen-bond donors (Lipinski definition) is 1. The molecule has 0 aliphatic carbocycles. The molecule has 0 atom stereocenters. The Balaban J connectivity index is 2.37. The van der Waals surface area contributed by atoms with Crippen LogP contribution in [0.15, 0.2) is 20.7 Å². The second-order valence-corrected chi connectivity index (χ2v) is 1.49. The second-order valence-electron chi connectivity index (χ2n) is 1.49. The summed E-state index contributed by atoms with van der Waals surface area (Å²) >= 11 is 0. The maximum atomic E-state index is 9.95. The molecule has 48 valence electrons. The second kappa shape index (κ2) is 2.29. The lowest BCUT2D eigenvalue weighted by molar-refractivity contribution is -0.137. The van der Waals surface area contributed by atoms with Gasteiger partial charge in [0, 0.05) is 0 Å². The van der Waals surface area contributed by atoms with Crippen molar-refractivity contribution >= 4 is 5.97 Å². The highest BCUT2D eigenvalue weighted by atomic mass is 16.4. The van der Waals surface area contributed by atoms with E-state index in [0.29, 0.717) is 0 Å². The van der Waals surface area contributed by atoms with Gasteiger partial charge in [0.2, 0.25) is 0 Å². The van der Waals surface area contributed by atoms with Crippen molar-refractivity contribution in [1.82, 2.24) is 0 Å². The first-order valence-corrected chi connectivity index (χ1v) is 2.31. The average molecular weight is 128 g/mol. The van der Waals surface area contributed by atoms with Crippen LogP contribution in [0, 0.1) is 0 Å². The van der Waals surface area contributed by atoms with Gasteiger partial charge in [-0.2, -0.15) is 0 Å². The summed E-state index contributed by atoms with van der Waals surface area (Å²) in [4.78, 5) is 9.95. The average Bonchev–Trinajstić information content (AvgIpc) is 2.15. The van der Waals surface area contributed by atoms with E-state index in [1.54, 1.807) is 0 Å². The summed E-state index contributed by atoms with van der Waals surface area (Å²) in [6.07, 6.45) is -0.727. The van der Waals surface area contributed by atoms with E-state index < -0.39 is 12.1 Å². The normalized spacial score (nSPS) is 16.9. The zero-order valence-electron chi connectivity index (χ0n) is 4.43. The standard InChI is InChI=1S/C3H4N4O2/c8-3(9)1-2-4-6-7-5-2/h2H,1H2,(H,8,9). The lowest BCUT2D eigenvalue weighted by atomic mass is 10.4. The number of carboxylic acids is 1. The SMILES string of the molecule is O=C(O)CC1N=NN=N1. The number of hydrogen-bond acceptors (Lipinski definition) is 5. The lowest BCUT2D eigenvalue weighted by Gasteiger charge is -1.91. The molecule has 0 radical (unpaired) electrons. The van der Waals surface area contributed by atoms with E-state index in [9.17, 15) is 4.79 Å². The van der Waals surface area contributed by atoms with Gasteiger partial charge in [-0.05, 0) is 10.4 Å². The molecule has 0 bridgehead atoms. The molecule has 1 N–H and O–H groups in total. The summed E-state index contributed by atoms with van der Waals surface area (Å²) in [7, 11) is 0. The molecule has 0 amide bonds. The molecule has 0 saturated carbocycles. The molecular formula is C3H4N4O2. The fourth-order valence-electron chi connectivity index (χ4n) is 0.426. The zero-order valence-corrected chi connectivity index (χ0v) is 4.43. The van der Waals surface area contributed by atoms with Gasteiger partial charge in [0.1, 0.15) is 0 Å². The maximum absolute atomic E-state index is 9.95. The van der Waals surface area contributed by atoms with Gasteiger partial charge in [-0.1, -0.05) is 0 Å². The van der Waals surface area contributed by atoms with Crippen LogP contribution in [0.2, 0.25) is 0 Å². The van der Waals surface area contributed by atoms with E-state index in [1.807, 2.05) is 0 Å². The van der Waals surface area contributed by atoms with Gasteiger partial charge in [0.05, 0.1) is 6.42 Å². The Morgan fingerprint density at radius 2 is 2.00 bits per heavy atom. The van der Waals surface area contributed by atoms with Crippen LogP contribution in [-0.2, 0) is 4.79 Å². The number of aliphatic carboxylic acids is 1. The molecule has 0 aromatic carbocycles. The topological polar surface area (TPSA) is 86.7 Å². The van der Waals surface area contributed by atoms with Crippen molar-refractivity contribution in [2.75, 3.05) is 0 Å². The summed E-state index contributed by atoms with van der Waals surface area (Å²) in [5.74, 6) is -0.945. The monoisotopic (exact) mass is 128 g/mol. The summed E-state index contributed by atoms with van der Waals surface area (Å²) < 4.78 is 0. The molecule has 9 heavy (non-hydrogen) atoms. The summed E-state index contributed by atoms with van der Waals surface area (Å²) in [5, 5.41) is 21.2. The van der Waals surface area contributed by atoms with Crippen LogP contribution in [0.4, 0.5) is 0 Å². The first kappa shape index (κ1) is 5.80. The summed E-state index contributed by atoms with van der Waals surface area (Å²) in [6.45, 7) is 0. The Morgan fingerprint density at radius 1 is 1.44 bits per heavy atom. The van der Waals surface area contributed by atoms with Gasteiger partial charge in [0.15, 0.2) is 6.17 Å². The van der Waals surface area contributed by atoms with Crippen molar-refractivity contribution in [3.05, 3.63) is 0 Å². The predicted octanol–water partition coefficient (Wildman–Crippen LogP) is 0.620. The van der Waals surface area contributed by atoms with Crippen LogP contribution in [-0.4, -0.2) is 17.2 Å². The smallest absolute Gasteiger partial charge is 0.307 e. The highest BCUT2D eigenvalue weighted by molar-refractivity contribution is 5.67. The minimum atomic E-state index is -0.945. The van der Waals surface area contributed by atoms with Gasteiger partial charge < -0.3 is 5.11 Å². The van der Waals surface area contributed by atoms with Crippen molar-refractivity contribution in [3.63, 3.8) is 0 Å². The van der Waals surface area contributed by atoms with Crippen molar-refractivity contribution in [2.24, 2.45) is 20.7 Å². The molecule has 1 heterocycles. The van der Waals surface area contributed by atoms with E-state index in [0.717, 1.165) is 0 Å². The Hall–Kier alpha value is -1.33. The molecule has 6 nitrogen and oxygen atoms in total. The van der Waals surface area contributed by atoms with Crippen molar-refractivity contribution < 1.29 is 9.90 Å². The number of nitrogens with zero attached hydrogens (tertiary/aromatic N) is 4. The van der Waals surface area contributed by atoms with Gasteiger partial charge in [0.25, 0.3) is 0 Å². The van der Waals surface area contributed by atoms with E-state index in [-0.39, 0.29) is 6.42 Å². The largest absolute Gasteiger partial charge is 0.481 e.